The Labute approximate surface area is 142 Å². The fraction of sp³-hybridized carbons (Fsp3) is 0.700. The molecule has 0 bridgehead atoms. The Morgan fingerprint density at radius 2 is 2.04 bits per heavy atom. The first kappa shape index (κ1) is 18.3. The molecular weight excluding hydrogens is 284 g/mol. The summed E-state index contributed by atoms with van der Waals surface area (Å²) < 4.78 is 0. The van der Waals surface area contributed by atoms with Gasteiger partial charge in [0.05, 0.1) is 6.10 Å². The number of anilines is 1. The minimum atomic E-state index is -0.340. The largest absolute Gasteiger partial charge is 0.388 e. The number of benzene rings is 1. The molecule has 0 aromatic heterocycles. The third kappa shape index (κ3) is 4.95. The van der Waals surface area contributed by atoms with E-state index in [0.29, 0.717) is 0 Å². The summed E-state index contributed by atoms with van der Waals surface area (Å²) in [6.45, 7) is 12.1. The van der Waals surface area contributed by atoms with Crippen molar-refractivity contribution >= 4 is 5.69 Å². The van der Waals surface area contributed by atoms with E-state index in [4.69, 9.17) is 0 Å². The molecule has 3 heteroatoms. The second kappa shape index (κ2) is 9.29. The van der Waals surface area contributed by atoms with Crippen molar-refractivity contribution in [1.29, 1.82) is 0 Å². The first-order valence-corrected chi connectivity index (χ1v) is 9.47. The molecule has 0 saturated carbocycles. The average molecular weight is 319 g/mol. The normalized spacial score (nSPS) is 15.8. The summed E-state index contributed by atoms with van der Waals surface area (Å²) in [4.78, 5) is 4.89. The number of aryl methyl sites for hydroxylation is 1. The monoisotopic (exact) mass is 318 g/mol. The number of nitrogens with zero attached hydrogens (tertiary/aromatic N) is 2. The zero-order valence-corrected chi connectivity index (χ0v) is 15.2. The smallest absolute Gasteiger partial charge is 0.0802 e. The highest BCUT2D eigenvalue weighted by Gasteiger charge is 2.18. The Bertz CT molecular complexity index is 475. The molecule has 23 heavy (non-hydrogen) atoms. The molecule has 1 atom stereocenters. The van der Waals surface area contributed by atoms with E-state index in [9.17, 15) is 5.11 Å². The predicted octanol–water partition coefficient (Wildman–Crippen LogP) is 4.00. The van der Waals surface area contributed by atoms with Crippen molar-refractivity contribution in [2.24, 2.45) is 0 Å². The molecule has 3 nitrogen and oxygen atoms in total. The van der Waals surface area contributed by atoms with Gasteiger partial charge in [-0.3, -0.25) is 0 Å². The average Bonchev–Trinajstić information content (AvgIpc) is 2.60. The Balaban J connectivity index is 1.96. The van der Waals surface area contributed by atoms with Crippen LogP contribution in [-0.2, 0) is 6.42 Å². The molecule has 0 amide bonds. The van der Waals surface area contributed by atoms with E-state index in [-0.39, 0.29) is 6.10 Å². The lowest BCUT2D eigenvalue weighted by Crippen LogP contribution is -2.29. The zero-order valence-electron chi connectivity index (χ0n) is 15.2. The molecule has 2 rings (SSSR count). The van der Waals surface area contributed by atoms with Crippen molar-refractivity contribution in [3.05, 3.63) is 29.3 Å². The maximum atomic E-state index is 10.6. The molecule has 1 N–H and O–H groups in total. The van der Waals surface area contributed by atoms with Crippen molar-refractivity contribution in [2.75, 3.05) is 37.6 Å². The lowest BCUT2D eigenvalue weighted by molar-refractivity contribution is 0.143. The SMILES string of the molecule is CCCCN(CC)CCC(O)c1ccc2c(c1)CCCN2CC. The van der Waals surface area contributed by atoms with Crippen LogP contribution in [0.1, 0.15) is 63.7 Å². The zero-order chi connectivity index (χ0) is 16.7. The summed E-state index contributed by atoms with van der Waals surface area (Å²) in [6.07, 6.45) is 5.33. The van der Waals surface area contributed by atoms with Gasteiger partial charge in [-0.05, 0) is 62.9 Å². The summed E-state index contributed by atoms with van der Waals surface area (Å²) in [6, 6.07) is 6.58. The molecule has 0 radical (unpaired) electrons. The summed E-state index contributed by atoms with van der Waals surface area (Å²) in [5.41, 5.74) is 3.87. The van der Waals surface area contributed by atoms with Gasteiger partial charge >= 0.3 is 0 Å². The summed E-state index contributed by atoms with van der Waals surface area (Å²) in [7, 11) is 0. The molecule has 0 spiro atoms. The summed E-state index contributed by atoms with van der Waals surface area (Å²) in [5, 5.41) is 10.6. The van der Waals surface area contributed by atoms with Gasteiger partial charge in [0.2, 0.25) is 0 Å². The standard InChI is InChI=1S/C20H34N2O/c1-4-7-13-21(5-2)15-12-20(23)18-10-11-19-17(16-18)9-8-14-22(19)6-3/h10-11,16,20,23H,4-9,12-15H2,1-3H3. The molecule has 1 aromatic rings. The van der Waals surface area contributed by atoms with Gasteiger partial charge in [-0.2, -0.15) is 0 Å². The van der Waals surface area contributed by atoms with Crippen LogP contribution in [0.3, 0.4) is 0 Å². The van der Waals surface area contributed by atoms with Crippen LogP contribution in [0.4, 0.5) is 5.69 Å². The molecular formula is C20H34N2O. The number of unbranched alkanes of at least 4 members (excludes halogenated alkanes) is 1. The highest BCUT2D eigenvalue weighted by molar-refractivity contribution is 5.57. The first-order valence-electron chi connectivity index (χ1n) is 9.47. The van der Waals surface area contributed by atoms with Gasteiger partial charge < -0.3 is 14.9 Å². The molecule has 0 aliphatic carbocycles. The second-order valence-electron chi connectivity index (χ2n) is 6.66. The predicted molar refractivity (Wildman–Crippen MR) is 99.2 cm³/mol. The van der Waals surface area contributed by atoms with E-state index in [0.717, 1.165) is 51.1 Å². The van der Waals surface area contributed by atoms with Gasteiger partial charge in [0.1, 0.15) is 0 Å². The van der Waals surface area contributed by atoms with E-state index in [2.05, 4.69) is 48.8 Å². The van der Waals surface area contributed by atoms with Gasteiger partial charge in [-0.15, -0.1) is 0 Å². The minimum absolute atomic E-state index is 0.340. The van der Waals surface area contributed by atoms with Crippen LogP contribution < -0.4 is 4.90 Å². The topological polar surface area (TPSA) is 26.7 Å². The molecule has 130 valence electrons. The molecule has 1 unspecified atom stereocenters. The second-order valence-corrected chi connectivity index (χ2v) is 6.66. The Kier molecular flexibility index (Phi) is 7.38. The molecule has 0 saturated heterocycles. The van der Waals surface area contributed by atoms with Crippen molar-refractivity contribution in [3.63, 3.8) is 0 Å². The molecule has 1 aliphatic heterocycles. The number of hydrogen-bond acceptors (Lipinski definition) is 3. The van der Waals surface area contributed by atoms with Crippen LogP contribution in [0.5, 0.6) is 0 Å². The number of fused-ring (bicyclic) bond motifs is 1. The van der Waals surface area contributed by atoms with Crippen LogP contribution in [-0.4, -0.2) is 42.7 Å². The van der Waals surface area contributed by atoms with Crippen LogP contribution in [0.25, 0.3) is 0 Å². The third-order valence-electron chi connectivity index (χ3n) is 5.08. The fourth-order valence-corrected chi connectivity index (χ4v) is 3.51. The first-order chi connectivity index (χ1) is 11.2. The molecule has 0 fully saturated rings. The van der Waals surface area contributed by atoms with Crippen molar-refractivity contribution in [1.82, 2.24) is 4.90 Å². The van der Waals surface area contributed by atoms with Crippen LogP contribution in [0.15, 0.2) is 18.2 Å². The van der Waals surface area contributed by atoms with Gasteiger partial charge in [0.15, 0.2) is 0 Å². The molecule has 1 aliphatic rings. The Hall–Kier alpha value is -1.06. The van der Waals surface area contributed by atoms with Gasteiger partial charge in [0.25, 0.3) is 0 Å². The maximum absolute atomic E-state index is 10.6. The van der Waals surface area contributed by atoms with Gasteiger partial charge in [-0.25, -0.2) is 0 Å². The molecule has 1 aromatic carbocycles. The van der Waals surface area contributed by atoms with E-state index in [1.165, 1.54) is 30.5 Å². The fourth-order valence-electron chi connectivity index (χ4n) is 3.51. The van der Waals surface area contributed by atoms with E-state index in [1.54, 1.807) is 0 Å². The Morgan fingerprint density at radius 1 is 1.22 bits per heavy atom. The minimum Gasteiger partial charge on any atom is -0.388 e. The number of hydrogen-bond donors (Lipinski definition) is 1. The van der Waals surface area contributed by atoms with Crippen LogP contribution in [0, 0.1) is 0 Å². The molecule has 1 heterocycles. The lowest BCUT2D eigenvalue weighted by Gasteiger charge is -2.31. The Morgan fingerprint density at radius 3 is 2.74 bits per heavy atom. The van der Waals surface area contributed by atoms with E-state index < -0.39 is 0 Å². The summed E-state index contributed by atoms with van der Waals surface area (Å²) >= 11 is 0. The summed E-state index contributed by atoms with van der Waals surface area (Å²) in [5.74, 6) is 0. The highest BCUT2D eigenvalue weighted by Crippen LogP contribution is 2.30. The van der Waals surface area contributed by atoms with Gasteiger partial charge in [-0.1, -0.05) is 32.4 Å². The van der Waals surface area contributed by atoms with Gasteiger partial charge in [0, 0.05) is 25.3 Å². The number of aliphatic hydroxyl groups is 1. The maximum Gasteiger partial charge on any atom is 0.0802 e. The highest BCUT2D eigenvalue weighted by atomic mass is 16.3. The van der Waals surface area contributed by atoms with E-state index >= 15 is 0 Å². The van der Waals surface area contributed by atoms with Crippen molar-refractivity contribution in [3.8, 4) is 0 Å². The third-order valence-corrected chi connectivity index (χ3v) is 5.08. The lowest BCUT2D eigenvalue weighted by atomic mass is 9.96. The van der Waals surface area contributed by atoms with Crippen molar-refractivity contribution in [2.45, 2.75) is 59.0 Å². The van der Waals surface area contributed by atoms with Crippen molar-refractivity contribution < 1.29 is 5.11 Å². The number of aliphatic hydroxyl groups excluding tert-OH is 1. The van der Waals surface area contributed by atoms with E-state index in [1.807, 2.05) is 0 Å². The van der Waals surface area contributed by atoms with Crippen LogP contribution >= 0.6 is 0 Å². The van der Waals surface area contributed by atoms with Crippen LogP contribution in [0.2, 0.25) is 0 Å². The quantitative estimate of drug-likeness (QED) is 0.745. The number of rotatable bonds is 9.